The molecule has 0 aliphatic carbocycles. The Morgan fingerprint density at radius 1 is 0.778 bits per heavy atom. The number of amides is 1. The number of aryl methyl sites for hydroxylation is 1. The van der Waals surface area contributed by atoms with E-state index in [-0.39, 0.29) is 11.7 Å². The summed E-state index contributed by atoms with van der Waals surface area (Å²) in [6.45, 7) is 2.86. The summed E-state index contributed by atoms with van der Waals surface area (Å²) in [4.78, 5) is 28.7. The summed E-state index contributed by atoms with van der Waals surface area (Å²) >= 11 is 0. The van der Waals surface area contributed by atoms with E-state index in [2.05, 4.69) is 19.1 Å². The highest BCUT2D eigenvalue weighted by Crippen LogP contribution is 2.32. The lowest BCUT2D eigenvalue weighted by molar-refractivity contribution is 0.0745. The molecule has 0 saturated carbocycles. The second-order valence-electron chi connectivity index (χ2n) is 8.99. The quantitative estimate of drug-likeness (QED) is 0.324. The first-order valence-corrected chi connectivity index (χ1v) is 11.9. The average Bonchev–Trinajstić information content (AvgIpc) is 3.65. The lowest BCUT2D eigenvalue weighted by Crippen LogP contribution is -2.28. The number of nitrogens with zero attached hydrogens (tertiary/aromatic N) is 4. The fourth-order valence-electron chi connectivity index (χ4n) is 4.81. The molecule has 0 spiro atoms. The fourth-order valence-corrected chi connectivity index (χ4v) is 4.81. The van der Waals surface area contributed by atoms with Gasteiger partial charge in [-0.15, -0.1) is 0 Å². The van der Waals surface area contributed by atoms with Crippen LogP contribution in [0.25, 0.3) is 11.5 Å². The number of benzene rings is 3. The molecule has 0 atom stereocenters. The van der Waals surface area contributed by atoms with Crippen LogP contribution >= 0.6 is 0 Å². The van der Waals surface area contributed by atoms with Crippen molar-refractivity contribution in [3.05, 3.63) is 137 Å². The zero-order valence-electron chi connectivity index (χ0n) is 19.8. The van der Waals surface area contributed by atoms with Crippen LogP contribution in [-0.2, 0) is 13.1 Å². The van der Waals surface area contributed by atoms with Crippen molar-refractivity contribution in [2.75, 3.05) is 0 Å². The van der Waals surface area contributed by atoms with Crippen LogP contribution in [0.2, 0.25) is 0 Å². The van der Waals surface area contributed by atoms with Crippen molar-refractivity contribution in [1.82, 2.24) is 19.2 Å². The van der Waals surface area contributed by atoms with Crippen LogP contribution in [0.15, 0.2) is 103 Å². The minimum Gasteiger partial charge on any atom is -0.328 e. The summed E-state index contributed by atoms with van der Waals surface area (Å²) in [6, 6.07) is 28.3. The number of hydrogen-bond acceptors (Lipinski definition) is 3. The van der Waals surface area contributed by atoms with Crippen molar-refractivity contribution in [3.63, 3.8) is 0 Å². The summed E-state index contributed by atoms with van der Waals surface area (Å²) in [5, 5.41) is 4.92. The van der Waals surface area contributed by atoms with E-state index in [1.165, 1.54) is 0 Å². The molecule has 0 radical (unpaired) electrons. The number of aromatic nitrogens is 3. The first kappa shape index (κ1) is 21.8. The number of ketones is 1. The van der Waals surface area contributed by atoms with Gasteiger partial charge in [0, 0.05) is 29.1 Å². The molecule has 6 rings (SSSR count). The van der Waals surface area contributed by atoms with Crippen LogP contribution in [0.1, 0.15) is 43.1 Å². The highest BCUT2D eigenvalue weighted by Gasteiger charge is 2.33. The highest BCUT2D eigenvalue weighted by atomic mass is 16.2. The largest absolute Gasteiger partial charge is 0.328 e. The molecule has 2 aromatic heterocycles. The predicted octanol–water partition coefficient (Wildman–Crippen LogP) is 5.36. The van der Waals surface area contributed by atoms with Crippen LogP contribution in [0, 0.1) is 6.92 Å². The Hall–Kier alpha value is -4.71. The van der Waals surface area contributed by atoms with Crippen LogP contribution < -0.4 is 0 Å². The highest BCUT2D eigenvalue weighted by molar-refractivity contribution is 6.15. The number of rotatable bonds is 5. The molecule has 3 aromatic carbocycles. The van der Waals surface area contributed by atoms with E-state index in [0.29, 0.717) is 29.8 Å². The van der Waals surface area contributed by atoms with E-state index in [4.69, 9.17) is 5.10 Å². The second kappa shape index (κ2) is 8.82. The topological polar surface area (TPSA) is 60.1 Å². The maximum Gasteiger partial charge on any atom is 0.255 e. The van der Waals surface area contributed by atoms with Crippen molar-refractivity contribution in [2.24, 2.45) is 0 Å². The van der Waals surface area contributed by atoms with Crippen molar-refractivity contribution < 1.29 is 9.59 Å². The summed E-state index contributed by atoms with van der Waals surface area (Å²) in [5.74, 6) is 0.590. The molecule has 3 heterocycles. The molecule has 6 nitrogen and oxygen atoms in total. The van der Waals surface area contributed by atoms with Gasteiger partial charge in [0.15, 0.2) is 5.78 Å². The third-order valence-electron chi connectivity index (χ3n) is 6.55. The van der Waals surface area contributed by atoms with Gasteiger partial charge >= 0.3 is 0 Å². The SMILES string of the molecule is Cc1cccc(-n2nc3c(c2-n2cccc2)CN(C(=O)c2ccccc2C(=O)c2ccccc2)C3)c1. The van der Waals surface area contributed by atoms with Crippen LogP contribution in [0.5, 0.6) is 0 Å². The Morgan fingerprint density at radius 2 is 1.50 bits per heavy atom. The van der Waals surface area contributed by atoms with Gasteiger partial charge in [0.1, 0.15) is 5.82 Å². The van der Waals surface area contributed by atoms with E-state index in [1.807, 2.05) is 64.1 Å². The van der Waals surface area contributed by atoms with Gasteiger partial charge in [-0.1, -0.05) is 60.7 Å². The average molecular weight is 473 g/mol. The zero-order valence-corrected chi connectivity index (χ0v) is 19.8. The predicted molar refractivity (Wildman–Crippen MR) is 138 cm³/mol. The molecule has 0 saturated heterocycles. The van der Waals surface area contributed by atoms with Crippen molar-refractivity contribution in [2.45, 2.75) is 20.0 Å². The number of hydrogen-bond donors (Lipinski definition) is 0. The Bertz CT molecular complexity index is 1580. The maximum atomic E-state index is 13.7. The number of fused-ring (bicyclic) bond motifs is 1. The molecule has 36 heavy (non-hydrogen) atoms. The van der Waals surface area contributed by atoms with Gasteiger partial charge in [-0.05, 0) is 42.8 Å². The Kier molecular flexibility index (Phi) is 5.34. The summed E-state index contributed by atoms with van der Waals surface area (Å²) in [6.07, 6.45) is 3.98. The van der Waals surface area contributed by atoms with Crippen LogP contribution in [0.3, 0.4) is 0 Å². The standard InChI is InChI=1S/C30H24N4O2/c1-21-10-9-13-23(18-21)34-29(32-16-7-8-17-32)26-19-33(20-27(26)31-34)30(36)25-15-6-5-14-24(25)28(35)22-11-3-2-4-12-22/h2-18H,19-20H2,1H3. The van der Waals surface area contributed by atoms with Gasteiger partial charge in [-0.3, -0.25) is 9.59 Å². The van der Waals surface area contributed by atoms with Crippen molar-refractivity contribution in [1.29, 1.82) is 0 Å². The maximum absolute atomic E-state index is 13.7. The van der Waals surface area contributed by atoms with Gasteiger partial charge < -0.3 is 9.47 Å². The third-order valence-corrected chi connectivity index (χ3v) is 6.55. The second-order valence-corrected chi connectivity index (χ2v) is 8.99. The Balaban J connectivity index is 1.36. The first-order chi connectivity index (χ1) is 17.6. The first-order valence-electron chi connectivity index (χ1n) is 11.9. The normalized spacial score (nSPS) is 12.5. The third kappa shape index (κ3) is 3.73. The molecular weight excluding hydrogens is 448 g/mol. The summed E-state index contributed by atoms with van der Waals surface area (Å²) < 4.78 is 3.99. The minimum atomic E-state index is -0.173. The molecule has 5 aromatic rings. The van der Waals surface area contributed by atoms with Crippen LogP contribution in [0.4, 0.5) is 0 Å². The monoisotopic (exact) mass is 472 g/mol. The smallest absolute Gasteiger partial charge is 0.255 e. The van der Waals surface area contributed by atoms with E-state index < -0.39 is 0 Å². The molecule has 1 amide bonds. The molecular formula is C30H24N4O2. The van der Waals surface area contributed by atoms with E-state index in [1.54, 1.807) is 41.3 Å². The lowest BCUT2D eigenvalue weighted by atomic mass is 9.97. The minimum absolute atomic E-state index is 0.158. The Labute approximate surface area is 209 Å². The molecule has 1 aliphatic rings. The molecule has 0 bridgehead atoms. The van der Waals surface area contributed by atoms with Gasteiger partial charge in [0.05, 0.1) is 30.0 Å². The van der Waals surface area contributed by atoms with Crippen LogP contribution in [-0.4, -0.2) is 30.9 Å². The van der Waals surface area contributed by atoms with E-state index in [0.717, 1.165) is 28.3 Å². The number of carbonyl (C=O) groups excluding carboxylic acids is 2. The number of carbonyl (C=O) groups is 2. The van der Waals surface area contributed by atoms with Gasteiger partial charge in [0.2, 0.25) is 0 Å². The fraction of sp³-hybridized carbons (Fsp3) is 0.100. The molecule has 0 N–H and O–H groups in total. The van der Waals surface area contributed by atoms with Crippen molar-refractivity contribution >= 4 is 11.7 Å². The van der Waals surface area contributed by atoms with Gasteiger partial charge in [-0.2, -0.15) is 5.10 Å². The molecule has 176 valence electrons. The molecule has 0 fully saturated rings. The van der Waals surface area contributed by atoms with Gasteiger partial charge in [-0.25, -0.2) is 4.68 Å². The van der Waals surface area contributed by atoms with Crippen molar-refractivity contribution in [3.8, 4) is 11.5 Å². The van der Waals surface area contributed by atoms with Gasteiger partial charge in [0.25, 0.3) is 5.91 Å². The summed E-state index contributed by atoms with van der Waals surface area (Å²) in [5.41, 5.74) is 5.38. The van der Waals surface area contributed by atoms with E-state index in [9.17, 15) is 9.59 Å². The lowest BCUT2D eigenvalue weighted by Gasteiger charge is -2.19. The van der Waals surface area contributed by atoms with E-state index >= 15 is 0 Å². The molecule has 6 heteroatoms. The molecule has 0 unspecified atom stereocenters. The summed E-state index contributed by atoms with van der Waals surface area (Å²) in [7, 11) is 0. The zero-order chi connectivity index (χ0) is 24.6. The Morgan fingerprint density at radius 3 is 2.25 bits per heavy atom. The molecule has 1 aliphatic heterocycles.